The molecule has 202 valence electrons. The standard InChI is InChI=1S/C30H35NO7/c1-26(2)25-20(32)14-21-29(37-25,38-26)11-10-27(3)28(4)16(13-22(30(21,27)34)36-15-23(33)35-5)12-18-17-8-6-7-9-19(17)31-24(18)28/h6-9,14,16,22,25,31,34H,10-13,15H2,1-5H3/t16-,22+,25+,27?,28-,29+,30+/m1/s1. The lowest BCUT2D eigenvalue weighted by molar-refractivity contribution is -0.280. The molecule has 2 aromatic rings. The van der Waals surface area contributed by atoms with Crippen LogP contribution in [-0.2, 0) is 40.4 Å². The Labute approximate surface area is 221 Å². The maximum Gasteiger partial charge on any atom is 0.331 e. The van der Waals surface area contributed by atoms with Gasteiger partial charge in [-0.05, 0) is 56.7 Å². The first-order valence-electron chi connectivity index (χ1n) is 13.6. The summed E-state index contributed by atoms with van der Waals surface area (Å²) in [5.41, 5.74) is 0.224. The van der Waals surface area contributed by atoms with Crippen molar-refractivity contribution in [3.8, 4) is 0 Å². The molecule has 8 heteroatoms. The molecule has 3 fully saturated rings. The van der Waals surface area contributed by atoms with E-state index in [0.29, 0.717) is 24.8 Å². The highest BCUT2D eigenvalue weighted by atomic mass is 16.8. The number of methoxy groups -OCH3 is 1. The lowest BCUT2D eigenvalue weighted by Crippen LogP contribution is -2.74. The second kappa shape index (κ2) is 7.36. The van der Waals surface area contributed by atoms with Crippen LogP contribution < -0.4 is 0 Å². The number of carbonyl (C=O) groups excluding carboxylic acids is 2. The predicted octanol–water partition coefficient (Wildman–Crippen LogP) is 3.49. The van der Waals surface area contributed by atoms with Gasteiger partial charge in [-0.1, -0.05) is 32.0 Å². The largest absolute Gasteiger partial charge is 0.467 e. The van der Waals surface area contributed by atoms with E-state index < -0.39 is 46.0 Å². The second-order valence-corrected chi connectivity index (χ2v) is 12.8. The maximum atomic E-state index is 13.4. The van der Waals surface area contributed by atoms with Crippen molar-refractivity contribution in [3.05, 3.63) is 47.2 Å². The number of aliphatic hydroxyl groups is 1. The SMILES string of the molecule is COC(=O)CO[C@H]1C[C@H]2Cc3c([nH]c4ccccc34)[C@]2(C)C2(C)CC[C@@]34O[C@@H](C(=O)C=C3[C@]12O)C(C)(C)O4. The van der Waals surface area contributed by atoms with Crippen LogP contribution in [0.4, 0.5) is 0 Å². The van der Waals surface area contributed by atoms with Gasteiger partial charge < -0.3 is 29.0 Å². The Morgan fingerprint density at radius 3 is 2.71 bits per heavy atom. The molecule has 3 heterocycles. The normalized spacial score (nSPS) is 42.2. The van der Waals surface area contributed by atoms with Crippen LogP contribution in [0.3, 0.4) is 0 Å². The highest BCUT2D eigenvalue weighted by Crippen LogP contribution is 2.72. The Kier molecular flexibility index (Phi) is 4.75. The van der Waals surface area contributed by atoms with Crippen molar-refractivity contribution in [2.45, 2.75) is 88.0 Å². The Morgan fingerprint density at radius 2 is 1.95 bits per heavy atom. The fourth-order valence-corrected chi connectivity index (χ4v) is 8.81. The molecule has 2 bridgehead atoms. The van der Waals surface area contributed by atoms with Crippen LogP contribution in [0.5, 0.6) is 0 Å². The number of carbonyl (C=O) groups is 2. The fraction of sp³-hybridized carbons (Fsp3) is 0.600. The van der Waals surface area contributed by atoms with E-state index in [1.165, 1.54) is 18.1 Å². The van der Waals surface area contributed by atoms with Crippen LogP contribution in [-0.4, -0.2) is 64.8 Å². The van der Waals surface area contributed by atoms with E-state index in [4.69, 9.17) is 18.9 Å². The summed E-state index contributed by atoms with van der Waals surface area (Å²) < 4.78 is 24.0. The molecular weight excluding hydrogens is 486 g/mol. The molecule has 2 aliphatic heterocycles. The molecule has 1 saturated heterocycles. The molecule has 2 N–H and O–H groups in total. The van der Waals surface area contributed by atoms with Gasteiger partial charge in [-0.15, -0.1) is 0 Å². The first kappa shape index (κ1) is 24.5. The number of H-pyrrole nitrogens is 1. The van der Waals surface area contributed by atoms with Crippen molar-refractivity contribution in [2.24, 2.45) is 11.3 Å². The van der Waals surface area contributed by atoms with Gasteiger partial charge in [-0.3, -0.25) is 4.79 Å². The molecule has 0 amide bonds. The third-order valence-corrected chi connectivity index (χ3v) is 10.9. The van der Waals surface area contributed by atoms with Crippen LogP contribution in [0.2, 0.25) is 0 Å². The van der Waals surface area contributed by atoms with Crippen LogP contribution in [0.1, 0.15) is 58.2 Å². The lowest BCUT2D eigenvalue weighted by Gasteiger charge is -2.67. The maximum absolute atomic E-state index is 13.4. The van der Waals surface area contributed by atoms with Gasteiger partial charge in [-0.2, -0.15) is 0 Å². The van der Waals surface area contributed by atoms with Gasteiger partial charge in [0, 0.05) is 39.4 Å². The van der Waals surface area contributed by atoms with E-state index >= 15 is 0 Å². The monoisotopic (exact) mass is 521 g/mol. The summed E-state index contributed by atoms with van der Waals surface area (Å²) >= 11 is 0. The molecule has 1 aromatic heterocycles. The zero-order valence-corrected chi connectivity index (χ0v) is 22.6. The topological polar surface area (TPSA) is 107 Å². The van der Waals surface area contributed by atoms with Crippen LogP contribution in [0.15, 0.2) is 35.9 Å². The van der Waals surface area contributed by atoms with E-state index in [1.54, 1.807) is 6.08 Å². The van der Waals surface area contributed by atoms with E-state index in [-0.39, 0.29) is 18.3 Å². The summed E-state index contributed by atoms with van der Waals surface area (Å²) in [6.07, 6.45) is 2.50. The number of nitrogens with one attached hydrogen (secondary N) is 1. The third-order valence-electron chi connectivity index (χ3n) is 10.9. The molecule has 38 heavy (non-hydrogen) atoms. The minimum absolute atomic E-state index is 0.157. The summed E-state index contributed by atoms with van der Waals surface area (Å²) in [7, 11) is 1.32. The van der Waals surface area contributed by atoms with Gasteiger partial charge in [0.15, 0.2) is 17.7 Å². The molecule has 8 nitrogen and oxygen atoms in total. The molecule has 3 aliphatic carbocycles. The van der Waals surface area contributed by atoms with Crippen LogP contribution >= 0.6 is 0 Å². The van der Waals surface area contributed by atoms with E-state index in [2.05, 4.69) is 37.0 Å². The van der Waals surface area contributed by atoms with Crippen molar-refractivity contribution < 1.29 is 33.6 Å². The van der Waals surface area contributed by atoms with Gasteiger partial charge in [0.05, 0.1) is 13.2 Å². The van der Waals surface area contributed by atoms with Crippen LogP contribution in [0.25, 0.3) is 10.9 Å². The summed E-state index contributed by atoms with van der Waals surface area (Å²) in [5.74, 6) is -1.79. The zero-order chi connectivity index (χ0) is 26.9. The zero-order valence-electron chi connectivity index (χ0n) is 22.6. The second-order valence-electron chi connectivity index (χ2n) is 12.8. The number of esters is 1. The Bertz CT molecular complexity index is 1420. The number of hydrogen-bond donors (Lipinski definition) is 2. The van der Waals surface area contributed by atoms with E-state index in [9.17, 15) is 14.7 Å². The van der Waals surface area contributed by atoms with Crippen LogP contribution in [0, 0.1) is 11.3 Å². The summed E-state index contributed by atoms with van der Waals surface area (Å²) in [5, 5.41) is 14.3. The number of aromatic amines is 1. The van der Waals surface area contributed by atoms with Crippen molar-refractivity contribution in [1.82, 2.24) is 4.98 Å². The average molecular weight is 522 g/mol. The molecule has 1 aromatic carbocycles. The number of para-hydroxylation sites is 1. The molecular formula is C30H35NO7. The highest BCUT2D eigenvalue weighted by molar-refractivity contribution is 5.97. The molecule has 5 aliphatic rings. The minimum atomic E-state index is -1.63. The number of benzene rings is 1. The summed E-state index contributed by atoms with van der Waals surface area (Å²) in [6, 6.07) is 8.31. The molecule has 1 unspecified atom stereocenters. The molecule has 0 radical (unpaired) electrons. The van der Waals surface area contributed by atoms with Gasteiger partial charge >= 0.3 is 5.97 Å². The molecule has 2 saturated carbocycles. The number of hydrogen-bond acceptors (Lipinski definition) is 7. The van der Waals surface area contributed by atoms with Crippen molar-refractivity contribution >= 4 is 22.7 Å². The van der Waals surface area contributed by atoms with E-state index in [0.717, 1.165) is 17.6 Å². The summed E-state index contributed by atoms with van der Waals surface area (Å²) in [6.45, 7) is 7.78. The van der Waals surface area contributed by atoms with Crippen molar-refractivity contribution in [1.29, 1.82) is 0 Å². The quantitative estimate of drug-likeness (QED) is 0.596. The Morgan fingerprint density at radius 1 is 1.18 bits per heavy atom. The number of aromatic nitrogens is 1. The third kappa shape index (κ3) is 2.65. The number of rotatable bonds is 3. The summed E-state index contributed by atoms with van der Waals surface area (Å²) in [4.78, 5) is 29.3. The molecule has 7 rings (SSSR count). The first-order valence-corrected chi connectivity index (χ1v) is 13.6. The smallest absolute Gasteiger partial charge is 0.331 e. The van der Waals surface area contributed by atoms with E-state index in [1.807, 2.05) is 19.9 Å². The molecule has 1 spiro atoms. The Hall–Kier alpha value is -2.52. The van der Waals surface area contributed by atoms with Gasteiger partial charge in [-0.25, -0.2) is 4.79 Å². The lowest BCUT2D eigenvalue weighted by atomic mass is 9.41. The van der Waals surface area contributed by atoms with Crippen molar-refractivity contribution in [2.75, 3.05) is 13.7 Å². The first-order chi connectivity index (χ1) is 17.9. The predicted molar refractivity (Wildman–Crippen MR) is 137 cm³/mol. The van der Waals surface area contributed by atoms with Gasteiger partial charge in [0.1, 0.15) is 17.8 Å². The highest BCUT2D eigenvalue weighted by Gasteiger charge is 2.78. The minimum Gasteiger partial charge on any atom is -0.467 e. The average Bonchev–Trinajstić information content (AvgIpc) is 3.47. The number of fused-ring (bicyclic) bond motifs is 9. The van der Waals surface area contributed by atoms with Gasteiger partial charge in [0.25, 0.3) is 0 Å². The Balaban J connectivity index is 1.43. The fourth-order valence-electron chi connectivity index (χ4n) is 8.81. The molecule has 7 atom stereocenters. The number of ketones is 1. The number of ether oxygens (including phenoxy) is 4. The van der Waals surface area contributed by atoms with Crippen molar-refractivity contribution in [3.63, 3.8) is 0 Å². The van der Waals surface area contributed by atoms with Gasteiger partial charge in [0.2, 0.25) is 0 Å².